The molecule has 3 aromatic carbocycles. The maximum absolute atomic E-state index is 13.7. The minimum Gasteiger partial charge on any atom is -0.488 e. The van der Waals surface area contributed by atoms with Crippen molar-refractivity contribution < 1.29 is 23.8 Å². The summed E-state index contributed by atoms with van der Waals surface area (Å²) in [5.41, 5.74) is 7.20. The predicted molar refractivity (Wildman–Crippen MR) is 187 cm³/mol. The number of aromatic amines is 2. The number of imidazole rings is 2. The highest BCUT2D eigenvalue weighted by molar-refractivity contribution is 6.07. The smallest absolute Gasteiger partial charge is 0.407 e. The summed E-state index contributed by atoms with van der Waals surface area (Å²) in [5, 5.41) is 8.43. The number of amides is 2. The molecule has 0 spiro atoms. The number of piperidine rings is 1. The number of hydrogen-bond acceptors (Lipinski definition) is 8. The molecule has 12 heteroatoms. The Morgan fingerprint density at radius 2 is 1.96 bits per heavy atom. The molecule has 3 fully saturated rings. The molecule has 5 aromatic rings. The normalized spacial score (nSPS) is 25.7. The lowest BCUT2D eigenvalue weighted by atomic mass is 9.88. The number of benzene rings is 3. The van der Waals surface area contributed by atoms with Crippen LogP contribution in [0.5, 0.6) is 5.75 Å². The Hall–Kier alpha value is -4.94. The average Bonchev–Trinajstić information content (AvgIpc) is 3.95. The molecule has 3 saturated heterocycles. The van der Waals surface area contributed by atoms with Crippen LogP contribution in [0.3, 0.4) is 0 Å². The summed E-state index contributed by atoms with van der Waals surface area (Å²) in [6.45, 7) is 4.17. The quantitative estimate of drug-likeness (QED) is 0.178. The number of carbonyl (C=O) groups is 2. The molecule has 4 aliphatic rings. The fourth-order valence-electron chi connectivity index (χ4n) is 8.75. The number of aromatic nitrogens is 4. The van der Waals surface area contributed by atoms with Crippen molar-refractivity contribution in [2.24, 2.45) is 11.8 Å². The van der Waals surface area contributed by atoms with Crippen LogP contribution in [0.25, 0.3) is 44.2 Å². The molecule has 0 bridgehead atoms. The number of rotatable bonds is 6. The molecule has 6 heterocycles. The third-order valence-corrected chi connectivity index (χ3v) is 11.2. The van der Waals surface area contributed by atoms with Gasteiger partial charge in [-0.05, 0) is 83.9 Å². The molecule has 0 unspecified atom stereocenters. The van der Waals surface area contributed by atoms with E-state index in [9.17, 15) is 9.59 Å². The molecule has 2 amide bonds. The van der Waals surface area contributed by atoms with Crippen molar-refractivity contribution in [1.82, 2.24) is 35.5 Å². The Morgan fingerprint density at radius 3 is 2.82 bits per heavy atom. The van der Waals surface area contributed by atoms with Crippen molar-refractivity contribution in [1.29, 1.82) is 0 Å². The van der Waals surface area contributed by atoms with Gasteiger partial charge in [0.15, 0.2) is 0 Å². The van der Waals surface area contributed by atoms with Crippen molar-refractivity contribution in [2.75, 3.05) is 27.4 Å². The van der Waals surface area contributed by atoms with Crippen LogP contribution >= 0.6 is 0 Å². The van der Waals surface area contributed by atoms with E-state index in [1.165, 1.54) is 7.11 Å². The third-order valence-electron chi connectivity index (χ3n) is 11.2. The van der Waals surface area contributed by atoms with Crippen molar-refractivity contribution in [2.45, 2.75) is 63.4 Å². The van der Waals surface area contributed by atoms with Gasteiger partial charge in [0.25, 0.3) is 0 Å². The molecule has 4 aliphatic heterocycles. The van der Waals surface area contributed by atoms with E-state index in [1.54, 1.807) is 7.11 Å². The van der Waals surface area contributed by atoms with Gasteiger partial charge in [0.05, 0.1) is 48.7 Å². The number of fused-ring (bicyclic) bond motifs is 7. The number of carbonyl (C=O) groups excluding carboxylic acids is 2. The highest BCUT2D eigenvalue weighted by atomic mass is 16.5. The standard InChI is InChI=1S/C38H41N7O5/c1-19-10-24-6-9-31(45(24)37(46)33(19)44-38(47)49-3)36-41-28-8-5-21-13-27-25-7-4-22(12-23(25)18-50-32(27)14-26(21)34(28)43-36)30-16-40-35(42-30)29-11-20(15-39-29)17-48-2/h4-5,7-8,12-14,16,19-20,24,29,31,33,39H,6,9-11,15,17-18H2,1-3H3,(H,40,42)(H,41,43)(H,44,47)/t19-,20-,24+,29-,31-,33-/m0/s1. The van der Waals surface area contributed by atoms with E-state index in [1.807, 2.05) is 24.1 Å². The average molecular weight is 676 g/mol. The largest absolute Gasteiger partial charge is 0.488 e. The summed E-state index contributed by atoms with van der Waals surface area (Å²) in [6.07, 6.45) is 4.88. The van der Waals surface area contributed by atoms with Crippen LogP contribution in [0.15, 0.2) is 48.7 Å². The molecule has 258 valence electrons. The number of nitrogens with one attached hydrogen (secondary N) is 4. The molecular formula is C38H41N7O5. The number of hydrogen-bond donors (Lipinski definition) is 4. The van der Waals surface area contributed by atoms with Crippen LogP contribution < -0.4 is 15.4 Å². The minimum absolute atomic E-state index is 0.0244. The van der Waals surface area contributed by atoms with E-state index < -0.39 is 12.1 Å². The summed E-state index contributed by atoms with van der Waals surface area (Å²) in [5.74, 6) is 3.01. The lowest BCUT2D eigenvalue weighted by molar-refractivity contribution is -0.142. The van der Waals surface area contributed by atoms with E-state index >= 15 is 0 Å². The first kappa shape index (κ1) is 31.1. The summed E-state index contributed by atoms with van der Waals surface area (Å²) < 4.78 is 16.5. The number of methoxy groups -OCH3 is 2. The molecule has 4 N–H and O–H groups in total. The number of H-pyrrole nitrogens is 2. The minimum atomic E-state index is -0.618. The monoisotopic (exact) mass is 675 g/mol. The number of alkyl carbamates (subject to hydrolysis) is 1. The van der Waals surface area contributed by atoms with Gasteiger partial charge in [0.1, 0.15) is 30.0 Å². The SMILES string of the molecule is COC[C@@H]1CN[C@H](c2ncc(-c3ccc4c(c3)COc3cc5c(ccc6nc([C@@H]7CC[C@@H]8C[C@H](C)[C@H](NC(=O)OC)C(=O)N87)[nH]c65)cc3-4)[nH]2)C1. The first-order valence-corrected chi connectivity index (χ1v) is 17.5. The van der Waals surface area contributed by atoms with Gasteiger partial charge in [-0.25, -0.2) is 14.8 Å². The van der Waals surface area contributed by atoms with Crippen LogP contribution in [0.1, 0.15) is 61.9 Å². The molecular weight excluding hydrogens is 634 g/mol. The van der Waals surface area contributed by atoms with E-state index in [4.69, 9.17) is 24.2 Å². The zero-order valence-electron chi connectivity index (χ0n) is 28.4. The Morgan fingerprint density at radius 1 is 1.06 bits per heavy atom. The lowest BCUT2D eigenvalue weighted by Gasteiger charge is -2.41. The van der Waals surface area contributed by atoms with Crippen LogP contribution in [-0.4, -0.2) is 76.3 Å². The van der Waals surface area contributed by atoms with Gasteiger partial charge in [-0.3, -0.25) is 4.79 Å². The molecule has 50 heavy (non-hydrogen) atoms. The summed E-state index contributed by atoms with van der Waals surface area (Å²) in [7, 11) is 3.07. The topological polar surface area (TPSA) is 146 Å². The lowest BCUT2D eigenvalue weighted by Crippen LogP contribution is -2.58. The zero-order chi connectivity index (χ0) is 34.1. The summed E-state index contributed by atoms with van der Waals surface area (Å²) in [4.78, 5) is 44.5. The van der Waals surface area contributed by atoms with E-state index in [0.29, 0.717) is 12.5 Å². The third kappa shape index (κ3) is 5.11. The maximum Gasteiger partial charge on any atom is 0.407 e. The van der Waals surface area contributed by atoms with Gasteiger partial charge in [0.2, 0.25) is 5.91 Å². The van der Waals surface area contributed by atoms with Crippen LogP contribution in [0.4, 0.5) is 4.79 Å². The summed E-state index contributed by atoms with van der Waals surface area (Å²) in [6, 6.07) is 14.5. The molecule has 0 aliphatic carbocycles. The molecule has 12 nitrogen and oxygen atoms in total. The Kier molecular flexibility index (Phi) is 7.54. The second-order valence-electron chi connectivity index (χ2n) is 14.3. The second kappa shape index (κ2) is 12.1. The van der Waals surface area contributed by atoms with Crippen molar-refractivity contribution >= 4 is 33.8 Å². The highest BCUT2D eigenvalue weighted by Gasteiger charge is 2.48. The second-order valence-corrected chi connectivity index (χ2v) is 14.3. The van der Waals surface area contributed by atoms with Crippen LogP contribution in [0, 0.1) is 11.8 Å². The van der Waals surface area contributed by atoms with Gasteiger partial charge >= 0.3 is 6.09 Å². The molecule has 9 rings (SSSR count). The van der Waals surface area contributed by atoms with Gasteiger partial charge in [-0.1, -0.05) is 25.1 Å². The molecule has 2 aromatic heterocycles. The Labute approximate surface area is 289 Å². The van der Waals surface area contributed by atoms with Gasteiger partial charge in [-0.2, -0.15) is 0 Å². The first-order valence-electron chi connectivity index (χ1n) is 17.5. The maximum atomic E-state index is 13.7. The molecule has 0 radical (unpaired) electrons. The van der Waals surface area contributed by atoms with Gasteiger partial charge < -0.3 is 39.7 Å². The highest BCUT2D eigenvalue weighted by Crippen LogP contribution is 2.45. The van der Waals surface area contributed by atoms with Gasteiger partial charge in [0, 0.05) is 30.6 Å². The van der Waals surface area contributed by atoms with E-state index in [-0.39, 0.29) is 30.0 Å². The fourth-order valence-corrected chi connectivity index (χ4v) is 8.75. The van der Waals surface area contributed by atoms with E-state index in [2.05, 4.69) is 57.0 Å². The van der Waals surface area contributed by atoms with E-state index in [0.717, 1.165) is 106 Å². The van der Waals surface area contributed by atoms with Crippen LogP contribution in [-0.2, 0) is 20.9 Å². The first-order chi connectivity index (χ1) is 24.4. The number of nitrogens with zero attached hydrogens (tertiary/aromatic N) is 3. The predicted octanol–water partition coefficient (Wildman–Crippen LogP) is 5.76. The molecule has 6 atom stereocenters. The Balaban J connectivity index is 0.992. The van der Waals surface area contributed by atoms with Gasteiger partial charge in [-0.15, -0.1) is 0 Å². The zero-order valence-corrected chi connectivity index (χ0v) is 28.4. The van der Waals surface area contributed by atoms with Crippen molar-refractivity contribution in [3.8, 4) is 28.1 Å². The molecule has 0 saturated carbocycles. The summed E-state index contributed by atoms with van der Waals surface area (Å²) >= 11 is 0. The van der Waals surface area contributed by atoms with Crippen molar-refractivity contribution in [3.05, 3.63) is 65.9 Å². The van der Waals surface area contributed by atoms with Crippen LogP contribution in [0.2, 0.25) is 0 Å². The fraction of sp³-hybridized carbons (Fsp3) is 0.421. The Bertz CT molecular complexity index is 2140. The van der Waals surface area contributed by atoms with Crippen molar-refractivity contribution in [3.63, 3.8) is 0 Å². The number of ether oxygens (including phenoxy) is 3.